The minimum Gasteiger partial charge on any atom is -0.501 e. The molecule has 0 radical (unpaired) electrons. The van der Waals surface area contributed by atoms with E-state index in [0.29, 0.717) is 11.5 Å². The van der Waals surface area contributed by atoms with E-state index >= 15 is 0 Å². The molecule has 1 N–H and O–H groups in total. The van der Waals surface area contributed by atoms with Crippen LogP contribution in [0.15, 0.2) is 6.08 Å². The second-order valence-electron chi connectivity index (χ2n) is 4.46. The average Bonchev–Trinajstić information content (AvgIpc) is 2.36. The van der Waals surface area contributed by atoms with E-state index in [1.807, 2.05) is 19.1 Å². The molecule has 5 nitrogen and oxygen atoms in total. The second-order valence-corrected chi connectivity index (χ2v) is 4.46. The van der Waals surface area contributed by atoms with Gasteiger partial charge in [-0.15, -0.1) is 0 Å². The van der Waals surface area contributed by atoms with Crippen LogP contribution >= 0.6 is 0 Å². The van der Waals surface area contributed by atoms with E-state index in [2.05, 4.69) is 0 Å². The third-order valence-electron chi connectivity index (χ3n) is 2.75. The third kappa shape index (κ3) is 2.01. The summed E-state index contributed by atoms with van der Waals surface area (Å²) in [6.07, 6.45) is 3.64. The molecule has 3 rings (SSSR count). The van der Waals surface area contributed by atoms with Crippen LogP contribution in [0.25, 0.3) is 6.08 Å². The number of hydrogen-bond acceptors (Lipinski definition) is 5. The number of rotatable bonds is 4. The molecule has 1 aromatic rings. The topological polar surface area (TPSA) is 65.0 Å². The lowest BCUT2D eigenvalue weighted by atomic mass is 10.0. The highest BCUT2D eigenvalue weighted by Crippen LogP contribution is 2.62. The zero-order chi connectivity index (χ0) is 14.2. The molecule has 0 aliphatic carbocycles. The molecule has 0 saturated heterocycles. The van der Waals surface area contributed by atoms with Gasteiger partial charge in [-0.2, -0.15) is 0 Å². The summed E-state index contributed by atoms with van der Waals surface area (Å²) >= 11 is 0. The molecule has 0 atom stereocenters. The van der Waals surface area contributed by atoms with Crippen molar-refractivity contribution in [3.05, 3.63) is 11.6 Å². The molecule has 5 heteroatoms. The third-order valence-corrected chi connectivity index (χ3v) is 2.75. The smallest absolute Gasteiger partial charge is 0.314 e. The number of aromatic hydroxyl groups is 1. The number of phenols is 1. The van der Waals surface area contributed by atoms with Crippen LogP contribution < -0.4 is 14.2 Å². The van der Waals surface area contributed by atoms with Crippen molar-refractivity contribution in [2.45, 2.75) is 20.8 Å². The first-order chi connectivity index (χ1) is 9.01. The Morgan fingerprint density at radius 3 is 2.47 bits per heavy atom. The van der Waals surface area contributed by atoms with Crippen LogP contribution in [0.2, 0.25) is 0 Å². The van der Waals surface area contributed by atoms with E-state index < -0.39 is 5.97 Å². The lowest BCUT2D eigenvalue weighted by Gasteiger charge is -2.28. The number of ether oxygens (including phenoxy) is 3. The maximum Gasteiger partial charge on any atom is 0.314 e. The summed E-state index contributed by atoms with van der Waals surface area (Å²) in [4.78, 5) is 11.7. The lowest BCUT2D eigenvalue weighted by molar-refractivity contribution is -0.138. The fourth-order valence-electron chi connectivity index (χ4n) is 1.74. The van der Waals surface area contributed by atoms with Gasteiger partial charge in [0.1, 0.15) is 0 Å². The summed E-state index contributed by atoms with van der Waals surface area (Å²) in [5.74, 6) is 0.0537. The number of carbonyl (C=O) groups is 1. The van der Waals surface area contributed by atoms with Crippen LogP contribution in [-0.4, -0.2) is 18.2 Å². The Hall–Kier alpha value is -2.17. The summed E-state index contributed by atoms with van der Waals surface area (Å²) < 4.78 is 15.7. The van der Waals surface area contributed by atoms with Crippen molar-refractivity contribution >= 4 is 12.0 Å². The standard InChI is InChI=1S/C14H16O5/c1-5-6-8-10-12(17-4)9(15)13(11(8)18-10)19-14(16)7(2)3/h5-7,15H,1-4H3/b6-5+. The van der Waals surface area contributed by atoms with Crippen molar-refractivity contribution in [1.29, 1.82) is 0 Å². The van der Waals surface area contributed by atoms with Gasteiger partial charge in [0.15, 0.2) is 11.5 Å². The molecule has 0 unspecified atom stereocenters. The predicted octanol–water partition coefficient (Wildman–Crippen LogP) is 3.10. The number of methoxy groups -OCH3 is 1. The number of phenolic OH excluding ortho intramolecular Hbond substituents is 1. The van der Waals surface area contributed by atoms with Crippen molar-refractivity contribution in [1.82, 2.24) is 0 Å². The fourth-order valence-corrected chi connectivity index (χ4v) is 1.74. The van der Waals surface area contributed by atoms with Crippen molar-refractivity contribution in [3.8, 4) is 28.7 Å². The monoisotopic (exact) mass is 264 g/mol. The van der Waals surface area contributed by atoms with Crippen LogP contribution in [0, 0.1) is 5.92 Å². The molecule has 2 heterocycles. The first kappa shape index (κ1) is 13.3. The van der Waals surface area contributed by atoms with Crippen LogP contribution in [0.4, 0.5) is 0 Å². The van der Waals surface area contributed by atoms with Gasteiger partial charge in [-0.25, -0.2) is 0 Å². The Morgan fingerprint density at radius 2 is 1.95 bits per heavy atom. The number of fused-ring (bicyclic) bond motifs is 2. The maximum atomic E-state index is 11.7. The van der Waals surface area contributed by atoms with Crippen molar-refractivity contribution < 1.29 is 24.1 Å². The Balaban J connectivity index is 2.50. The number of esters is 1. The summed E-state index contributed by atoms with van der Waals surface area (Å²) in [7, 11) is 1.42. The SMILES string of the molecule is C/C=C/c1c2c(OC)c(O)c(OC(=O)C(C)C)c1O2. The van der Waals surface area contributed by atoms with Gasteiger partial charge >= 0.3 is 5.97 Å². The molecule has 0 aromatic heterocycles. The molecular weight excluding hydrogens is 248 g/mol. The minimum atomic E-state index is -0.441. The molecule has 0 spiro atoms. The minimum absolute atomic E-state index is 0.0126. The molecule has 2 aliphatic rings. The van der Waals surface area contributed by atoms with Crippen molar-refractivity contribution in [2.24, 2.45) is 5.92 Å². The largest absolute Gasteiger partial charge is 0.501 e. The molecule has 2 aliphatic heterocycles. The molecule has 1 aromatic carbocycles. The zero-order valence-electron chi connectivity index (χ0n) is 11.3. The second kappa shape index (κ2) is 4.84. The van der Waals surface area contributed by atoms with Gasteiger partial charge in [0.2, 0.25) is 17.2 Å². The van der Waals surface area contributed by atoms with E-state index in [1.54, 1.807) is 13.8 Å². The number of carbonyl (C=O) groups excluding carboxylic acids is 1. The molecule has 102 valence electrons. The molecule has 2 bridgehead atoms. The highest BCUT2D eigenvalue weighted by atomic mass is 16.6. The van der Waals surface area contributed by atoms with Crippen LogP contribution in [-0.2, 0) is 4.79 Å². The van der Waals surface area contributed by atoms with Crippen molar-refractivity contribution in [3.63, 3.8) is 0 Å². The van der Waals surface area contributed by atoms with Gasteiger partial charge in [-0.05, 0) is 6.92 Å². The highest BCUT2D eigenvalue weighted by molar-refractivity contribution is 5.86. The number of benzene rings is 1. The average molecular weight is 264 g/mol. The van der Waals surface area contributed by atoms with E-state index in [4.69, 9.17) is 14.2 Å². The van der Waals surface area contributed by atoms with Gasteiger partial charge in [-0.3, -0.25) is 4.79 Å². The quantitative estimate of drug-likeness (QED) is 0.679. The summed E-state index contributed by atoms with van der Waals surface area (Å²) in [5, 5.41) is 10.0. The summed E-state index contributed by atoms with van der Waals surface area (Å²) in [6, 6.07) is 0. The fraction of sp³-hybridized carbons (Fsp3) is 0.357. The van der Waals surface area contributed by atoms with Gasteiger partial charge in [0.25, 0.3) is 0 Å². The van der Waals surface area contributed by atoms with Gasteiger partial charge < -0.3 is 19.3 Å². The normalized spacial score (nSPS) is 12.3. The van der Waals surface area contributed by atoms with Crippen molar-refractivity contribution in [2.75, 3.05) is 7.11 Å². The molecule has 19 heavy (non-hydrogen) atoms. The van der Waals surface area contributed by atoms with E-state index in [0.717, 1.165) is 5.56 Å². The van der Waals surface area contributed by atoms with Crippen LogP contribution in [0.5, 0.6) is 28.7 Å². The molecule has 0 saturated carbocycles. The number of hydrogen-bond donors (Lipinski definition) is 1. The zero-order valence-corrected chi connectivity index (χ0v) is 11.3. The molecule has 0 fully saturated rings. The summed E-state index contributed by atoms with van der Waals surface area (Å²) in [5.41, 5.74) is 0.753. The van der Waals surface area contributed by atoms with Gasteiger partial charge in [0.05, 0.1) is 18.6 Å². The molecular formula is C14H16O5. The van der Waals surface area contributed by atoms with E-state index in [9.17, 15) is 9.90 Å². The Kier molecular flexibility index (Phi) is 3.38. The Labute approximate surface area is 111 Å². The maximum absolute atomic E-state index is 11.7. The summed E-state index contributed by atoms with van der Waals surface area (Å²) in [6.45, 7) is 5.28. The highest BCUT2D eigenvalue weighted by Gasteiger charge is 2.36. The lowest BCUT2D eigenvalue weighted by Crippen LogP contribution is -2.17. The van der Waals surface area contributed by atoms with Gasteiger partial charge in [-0.1, -0.05) is 26.0 Å². The first-order valence-electron chi connectivity index (χ1n) is 6.00. The van der Waals surface area contributed by atoms with Gasteiger partial charge in [0, 0.05) is 0 Å². The predicted molar refractivity (Wildman–Crippen MR) is 69.9 cm³/mol. The Bertz CT molecular complexity index is 558. The van der Waals surface area contributed by atoms with E-state index in [1.165, 1.54) is 7.11 Å². The van der Waals surface area contributed by atoms with Crippen LogP contribution in [0.1, 0.15) is 26.3 Å². The van der Waals surface area contributed by atoms with Crippen LogP contribution in [0.3, 0.4) is 0 Å². The Morgan fingerprint density at radius 1 is 1.32 bits per heavy atom. The number of allylic oxidation sites excluding steroid dienone is 1. The first-order valence-corrected chi connectivity index (χ1v) is 6.00. The molecule has 0 amide bonds. The van der Waals surface area contributed by atoms with E-state index in [-0.39, 0.29) is 23.2 Å².